The van der Waals surface area contributed by atoms with Crippen LogP contribution >= 0.6 is 15.9 Å². The van der Waals surface area contributed by atoms with E-state index in [4.69, 9.17) is 0 Å². The summed E-state index contributed by atoms with van der Waals surface area (Å²) in [6.07, 6.45) is 1.05. The zero-order valence-electron chi connectivity index (χ0n) is 12.7. The largest absolute Gasteiger partial charge is 0.323 e. The van der Waals surface area contributed by atoms with E-state index in [-0.39, 0.29) is 5.91 Å². The molecule has 1 aliphatic heterocycles. The number of fused-ring (bicyclic) bond motifs is 1. The van der Waals surface area contributed by atoms with Crippen molar-refractivity contribution < 1.29 is 9.69 Å². The van der Waals surface area contributed by atoms with Crippen LogP contribution in [0.1, 0.15) is 16.7 Å². The molecule has 1 unspecified atom stereocenters. The molecule has 0 fully saturated rings. The maximum Gasteiger partial charge on any atom is 0.279 e. The molecule has 0 radical (unpaired) electrons. The minimum Gasteiger partial charge on any atom is -0.323 e. The summed E-state index contributed by atoms with van der Waals surface area (Å²) in [7, 11) is 0. The number of aryl methyl sites for hydroxylation is 1. The number of nitrogens with one attached hydrogen (secondary N) is 2. The average Bonchev–Trinajstić information content (AvgIpc) is 2.50. The van der Waals surface area contributed by atoms with Crippen LogP contribution < -0.4 is 10.2 Å². The molecule has 1 aliphatic rings. The van der Waals surface area contributed by atoms with Crippen LogP contribution in [-0.2, 0) is 17.8 Å². The number of carbonyl (C=O) groups is 1. The van der Waals surface area contributed by atoms with E-state index in [1.54, 1.807) is 0 Å². The lowest BCUT2D eigenvalue weighted by Crippen LogP contribution is -3.12. The Morgan fingerprint density at radius 1 is 1.23 bits per heavy atom. The first-order chi connectivity index (χ1) is 10.6. The number of halogens is 1. The van der Waals surface area contributed by atoms with Gasteiger partial charge in [0.1, 0.15) is 6.54 Å². The van der Waals surface area contributed by atoms with Crippen molar-refractivity contribution in [3.05, 3.63) is 63.6 Å². The molecule has 1 atom stereocenters. The van der Waals surface area contributed by atoms with Gasteiger partial charge in [-0.15, -0.1) is 0 Å². The van der Waals surface area contributed by atoms with Crippen LogP contribution in [0.3, 0.4) is 0 Å². The predicted molar refractivity (Wildman–Crippen MR) is 92.1 cm³/mol. The van der Waals surface area contributed by atoms with Crippen molar-refractivity contribution in [1.29, 1.82) is 0 Å². The van der Waals surface area contributed by atoms with Crippen LogP contribution in [0.2, 0.25) is 0 Å². The monoisotopic (exact) mass is 359 g/mol. The molecular formula is C18H20BrN2O+. The molecule has 0 spiro atoms. The summed E-state index contributed by atoms with van der Waals surface area (Å²) < 4.78 is 1.03. The highest BCUT2D eigenvalue weighted by molar-refractivity contribution is 9.10. The summed E-state index contributed by atoms with van der Waals surface area (Å²) in [5.41, 5.74) is 4.76. The van der Waals surface area contributed by atoms with Gasteiger partial charge < -0.3 is 10.2 Å². The van der Waals surface area contributed by atoms with Crippen LogP contribution in [0.15, 0.2) is 46.9 Å². The summed E-state index contributed by atoms with van der Waals surface area (Å²) in [4.78, 5) is 13.6. The summed E-state index contributed by atoms with van der Waals surface area (Å²) in [6.45, 7) is 4.47. The van der Waals surface area contributed by atoms with Gasteiger partial charge >= 0.3 is 0 Å². The fourth-order valence-electron chi connectivity index (χ4n) is 2.98. The molecule has 3 rings (SSSR count). The van der Waals surface area contributed by atoms with Crippen LogP contribution in [0, 0.1) is 6.92 Å². The number of hydrogen-bond donors (Lipinski definition) is 2. The molecule has 4 heteroatoms. The van der Waals surface area contributed by atoms with Crippen molar-refractivity contribution >= 4 is 27.5 Å². The van der Waals surface area contributed by atoms with Crippen molar-refractivity contribution in [1.82, 2.24) is 0 Å². The Morgan fingerprint density at radius 2 is 2.00 bits per heavy atom. The zero-order chi connectivity index (χ0) is 15.5. The number of amides is 1. The van der Waals surface area contributed by atoms with Crippen LogP contribution in [0.5, 0.6) is 0 Å². The van der Waals surface area contributed by atoms with Crippen molar-refractivity contribution in [3.63, 3.8) is 0 Å². The number of carbonyl (C=O) groups excluding carboxylic acids is 1. The van der Waals surface area contributed by atoms with E-state index in [0.29, 0.717) is 6.54 Å². The van der Waals surface area contributed by atoms with Gasteiger partial charge in [0.25, 0.3) is 5.91 Å². The van der Waals surface area contributed by atoms with E-state index in [2.05, 4.69) is 45.5 Å². The lowest BCUT2D eigenvalue weighted by Gasteiger charge is -2.25. The minimum atomic E-state index is 0.0832. The Balaban J connectivity index is 1.61. The number of rotatable bonds is 3. The molecule has 22 heavy (non-hydrogen) atoms. The van der Waals surface area contributed by atoms with Gasteiger partial charge in [-0.3, -0.25) is 4.79 Å². The quantitative estimate of drug-likeness (QED) is 0.866. The van der Waals surface area contributed by atoms with Crippen LogP contribution in [-0.4, -0.2) is 19.0 Å². The van der Waals surface area contributed by atoms with Crippen molar-refractivity contribution in [2.24, 2.45) is 0 Å². The van der Waals surface area contributed by atoms with Gasteiger partial charge in [-0.05, 0) is 36.2 Å². The van der Waals surface area contributed by atoms with Gasteiger partial charge in [0.05, 0.1) is 6.54 Å². The lowest BCUT2D eigenvalue weighted by atomic mass is 10.00. The second-order valence-electron chi connectivity index (χ2n) is 5.88. The van der Waals surface area contributed by atoms with Crippen molar-refractivity contribution in [2.45, 2.75) is 19.9 Å². The first-order valence-corrected chi connectivity index (χ1v) is 8.37. The molecular weight excluding hydrogens is 340 g/mol. The minimum absolute atomic E-state index is 0.0832. The number of quaternary nitrogens is 1. The molecule has 114 valence electrons. The van der Waals surface area contributed by atoms with Gasteiger partial charge in [-0.2, -0.15) is 0 Å². The van der Waals surface area contributed by atoms with E-state index >= 15 is 0 Å². The maximum absolute atomic E-state index is 12.3. The zero-order valence-corrected chi connectivity index (χ0v) is 14.2. The van der Waals surface area contributed by atoms with Gasteiger partial charge in [-0.25, -0.2) is 0 Å². The van der Waals surface area contributed by atoms with Crippen molar-refractivity contribution in [3.8, 4) is 0 Å². The Kier molecular flexibility index (Phi) is 4.60. The number of benzene rings is 2. The number of anilines is 1. The first-order valence-electron chi connectivity index (χ1n) is 7.58. The molecule has 0 bridgehead atoms. The predicted octanol–water partition coefficient (Wildman–Crippen LogP) is 2.34. The highest BCUT2D eigenvalue weighted by Gasteiger charge is 2.21. The van der Waals surface area contributed by atoms with E-state index in [1.807, 2.05) is 25.1 Å². The molecule has 2 aromatic rings. The third-order valence-corrected chi connectivity index (χ3v) is 4.67. The van der Waals surface area contributed by atoms with Crippen LogP contribution in [0.25, 0.3) is 0 Å². The fraction of sp³-hybridized carbons (Fsp3) is 0.278. The summed E-state index contributed by atoms with van der Waals surface area (Å²) in [5.74, 6) is 0.0832. The Bertz CT molecular complexity index is 699. The lowest BCUT2D eigenvalue weighted by molar-refractivity contribution is -0.907. The molecule has 0 saturated heterocycles. The summed E-state index contributed by atoms with van der Waals surface area (Å²) >= 11 is 3.44. The van der Waals surface area contributed by atoms with E-state index in [1.165, 1.54) is 16.0 Å². The second-order valence-corrected chi connectivity index (χ2v) is 6.80. The summed E-state index contributed by atoms with van der Waals surface area (Å²) in [5, 5.41) is 3.03. The Morgan fingerprint density at radius 3 is 2.77 bits per heavy atom. The molecule has 2 N–H and O–H groups in total. The van der Waals surface area contributed by atoms with Gasteiger partial charge in [0, 0.05) is 22.1 Å². The fourth-order valence-corrected chi connectivity index (χ4v) is 3.46. The highest BCUT2D eigenvalue weighted by Crippen LogP contribution is 2.19. The van der Waals surface area contributed by atoms with E-state index in [0.717, 1.165) is 35.2 Å². The topological polar surface area (TPSA) is 33.5 Å². The second kappa shape index (κ2) is 6.63. The van der Waals surface area contributed by atoms with E-state index in [9.17, 15) is 4.79 Å². The standard InChI is InChI=1S/C18H19BrN2O/c1-13-10-16(19)6-7-17(13)20-18(22)12-21-9-8-14-4-2-3-5-15(14)11-21/h2-7,10H,8-9,11-12H2,1H3,(H,20,22)/p+1. The maximum atomic E-state index is 12.3. The summed E-state index contributed by atoms with van der Waals surface area (Å²) in [6, 6.07) is 14.4. The Labute approximate surface area is 139 Å². The molecule has 1 amide bonds. The molecule has 0 aromatic heterocycles. The average molecular weight is 360 g/mol. The highest BCUT2D eigenvalue weighted by atomic mass is 79.9. The van der Waals surface area contributed by atoms with Gasteiger partial charge in [-0.1, -0.05) is 40.2 Å². The normalized spacial score (nSPS) is 16.9. The number of hydrogen-bond acceptors (Lipinski definition) is 1. The SMILES string of the molecule is Cc1cc(Br)ccc1NC(=O)C[NH+]1CCc2ccccc2C1. The van der Waals surface area contributed by atoms with E-state index < -0.39 is 0 Å². The van der Waals surface area contributed by atoms with Crippen LogP contribution in [0.4, 0.5) is 5.69 Å². The van der Waals surface area contributed by atoms with Gasteiger partial charge in [0.2, 0.25) is 0 Å². The smallest absolute Gasteiger partial charge is 0.279 e. The Hall–Kier alpha value is -1.65. The third kappa shape index (κ3) is 3.57. The molecule has 0 saturated carbocycles. The van der Waals surface area contributed by atoms with Crippen molar-refractivity contribution in [2.75, 3.05) is 18.4 Å². The molecule has 2 aromatic carbocycles. The molecule has 3 nitrogen and oxygen atoms in total. The van der Waals surface area contributed by atoms with Gasteiger partial charge in [0.15, 0.2) is 6.54 Å². The molecule has 0 aliphatic carbocycles. The first kappa shape index (κ1) is 15.3. The molecule has 1 heterocycles. The third-order valence-electron chi connectivity index (χ3n) is 4.18.